The van der Waals surface area contributed by atoms with Gasteiger partial charge in [0.15, 0.2) is 0 Å². The molecule has 1 unspecified atom stereocenters. The summed E-state index contributed by atoms with van der Waals surface area (Å²) in [4.78, 5) is 166. The summed E-state index contributed by atoms with van der Waals surface area (Å²) in [6.07, 6.45) is -0.722. The second-order valence-corrected chi connectivity index (χ2v) is 23.2. The number of nitrogens with one attached hydrogen (secondary N) is 4. The van der Waals surface area contributed by atoms with Crippen LogP contribution in [0.2, 0.25) is 0 Å². The van der Waals surface area contributed by atoms with Crippen LogP contribution in [0, 0.1) is 0 Å². The van der Waals surface area contributed by atoms with Gasteiger partial charge in [-0.3, -0.25) is 43.2 Å². The third-order valence-electron chi connectivity index (χ3n) is 14.7. The van der Waals surface area contributed by atoms with E-state index in [2.05, 4.69) is 21.3 Å². The first-order valence-corrected chi connectivity index (χ1v) is 32.0. The number of nitrogens with zero attached hydrogens (tertiary/aromatic N) is 6. The van der Waals surface area contributed by atoms with Crippen LogP contribution in [0.3, 0.4) is 0 Å². The molecule has 1 atom stereocenters. The van der Waals surface area contributed by atoms with Crippen molar-refractivity contribution in [1.29, 1.82) is 0 Å². The minimum Gasteiger partial charge on any atom is -0.444 e. The fraction of sp³-hybridized carbons (Fsp3) is 0.306. The molecule has 6 amide bonds. The van der Waals surface area contributed by atoms with E-state index >= 15 is 14.4 Å². The number of carbonyl (C=O) groups excluding carboxylic acids is 6. The molecule has 4 aromatic carbocycles. The monoisotopic (exact) mass is 1340 g/mol. The molecule has 0 aliphatic rings. The Balaban J connectivity index is 1.08. The van der Waals surface area contributed by atoms with Crippen molar-refractivity contribution < 1.29 is 57.6 Å². The molecule has 4 aromatic heterocycles. The molecule has 0 aliphatic carbocycles. The zero-order valence-electron chi connectivity index (χ0n) is 54.8. The van der Waals surface area contributed by atoms with Gasteiger partial charge in [-0.25, -0.2) is 4.79 Å². The number of carbonyl (C=O) groups is 6. The normalized spacial score (nSPS) is 11.3. The summed E-state index contributed by atoms with van der Waals surface area (Å²) in [5.41, 5.74) is -0.998. The quantitative estimate of drug-likeness (QED) is 0.0381. The largest absolute Gasteiger partial charge is 0.444 e. The molecule has 8 aromatic rings. The number of hydrogen-bond donors (Lipinski definition) is 4. The molecule has 0 spiro atoms. The molecule has 0 saturated heterocycles. The molecule has 0 bridgehead atoms. The molecule has 4 N–H and O–H groups in total. The van der Waals surface area contributed by atoms with E-state index in [0.717, 1.165) is 30.0 Å². The van der Waals surface area contributed by atoms with Crippen LogP contribution in [0.15, 0.2) is 213 Å². The first-order chi connectivity index (χ1) is 47.4. The summed E-state index contributed by atoms with van der Waals surface area (Å²) in [6, 6.07) is 50.8. The molecule has 0 radical (unpaired) electrons. The Morgan fingerprint density at radius 3 is 1.16 bits per heavy atom. The lowest BCUT2D eigenvalue weighted by Crippen LogP contribution is -2.52. The van der Waals surface area contributed by atoms with E-state index < -0.39 is 69.5 Å². The SMILES string of the molecule is CC(C)(C)OC(=O)NCCOCCNC(=O)C(CCCN(CCCNC(=O)c1cccc(=O)n1OCc1ccccc1)C(=O)c1cccc(=O)n1OCc1ccccc1)N(CCCNC(=O)c1cccc(=O)n1OCc1ccccc1)C(=O)c1cccc(=O)n1OCc1ccccc1. The summed E-state index contributed by atoms with van der Waals surface area (Å²) >= 11 is 0. The van der Waals surface area contributed by atoms with Gasteiger partial charge in [0.2, 0.25) is 5.91 Å². The zero-order chi connectivity index (χ0) is 69.7. The molecular formula is C72H80N10O16. The second kappa shape index (κ2) is 36.9. The van der Waals surface area contributed by atoms with Crippen molar-refractivity contribution in [3.05, 3.63) is 281 Å². The van der Waals surface area contributed by atoms with Gasteiger partial charge in [0, 0.05) is 70.1 Å². The number of benzene rings is 4. The first-order valence-electron chi connectivity index (χ1n) is 32.0. The van der Waals surface area contributed by atoms with Gasteiger partial charge in [-0.15, -0.1) is 18.9 Å². The third kappa shape index (κ3) is 22.0. The fourth-order valence-electron chi connectivity index (χ4n) is 9.98. The fourth-order valence-corrected chi connectivity index (χ4v) is 9.98. The Morgan fingerprint density at radius 2 is 0.755 bits per heavy atom. The van der Waals surface area contributed by atoms with Gasteiger partial charge in [-0.1, -0.05) is 146 Å². The van der Waals surface area contributed by atoms with Gasteiger partial charge in [0.25, 0.3) is 45.9 Å². The Kier molecular flexibility index (Phi) is 27.3. The lowest BCUT2D eigenvalue weighted by atomic mass is 10.1. The van der Waals surface area contributed by atoms with Crippen LogP contribution >= 0.6 is 0 Å². The second-order valence-electron chi connectivity index (χ2n) is 23.2. The Labute approximate surface area is 565 Å². The van der Waals surface area contributed by atoms with Crippen molar-refractivity contribution in [3.8, 4) is 0 Å². The van der Waals surface area contributed by atoms with Gasteiger partial charge < -0.3 is 59.9 Å². The number of rotatable bonds is 36. The number of alkyl carbamates (subject to hydrolysis) is 1. The van der Waals surface area contributed by atoms with Gasteiger partial charge in [0.1, 0.15) is 60.8 Å². The number of ether oxygens (including phenoxy) is 2. The van der Waals surface area contributed by atoms with Crippen LogP contribution in [0.1, 0.15) is 111 Å². The summed E-state index contributed by atoms with van der Waals surface area (Å²) in [5.74, 6) is -3.53. The average molecular weight is 1340 g/mol. The summed E-state index contributed by atoms with van der Waals surface area (Å²) < 4.78 is 14.6. The molecular weight excluding hydrogens is 1260 g/mol. The molecule has 8 rings (SSSR count). The highest BCUT2D eigenvalue weighted by atomic mass is 16.7. The average Bonchev–Trinajstić information content (AvgIpc) is 0.826. The van der Waals surface area contributed by atoms with Crippen LogP contribution in [-0.2, 0) is 40.7 Å². The Hall–Kier alpha value is -11.5. The maximum atomic E-state index is 15.5. The van der Waals surface area contributed by atoms with Gasteiger partial charge >= 0.3 is 6.09 Å². The summed E-state index contributed by atoms with van der Waals surface area (Å²) in [7, 11) is 0. The number of hydrogen-bond acceptors (Lipinski definition) is 16. The maximum absolute atomic E-state index is 15.5. The minimum atomic E-state index is -1.40. The lowest BCUT2D eigenvalue weighted by Gasteiger charge is -2.32. The third-order valence-corrected chi connectivity index (χ3v) is 14.7. The number of aromatic nitrogens is 4. The van der Waals surface area contributed by atoms with Gasteiger partial charge in [0.05, 0.1) is 13.2 Å². The zero-order valence-corrected chi connectivity index (χ0v) is 54.8. The molecule has 98 heavy (non-hydrogen) atoms. The molecule has 26 heteroatoms. The van der Waals surface area contributed by atoms with E-state index in [-0.39, 0.29) is 134 Å². The Bertz CT molecular complexity index is 4180. The predicted octanol–water partition coefficient (Wildman–Crippen LogP) is 4.88. The maximum Gasteiger partial charge on any atom is 0.407 e. The van der Waals surface area contributed by atoms with Crippen LogP contribution in [-0.4, -0.2) is 135 Å². The van der Waals surface area contributed by atoms with E-state index in [4.69, 9.17) is 28.8 Å². The van der Waals surface area contributed by atoms with Gasteiger partial charge in [-0.05, 0) is 93.0 Å². The highest BCUT2D eigenvalue weighted by molar-refractivity contribution is 5.97. The first kappa shape index (κ1) is 72.3. The van der Waals surface area contributed by atoms with Crippen LogP contribution in [0.5, 0.6) is 0 Å². The topological polar surface area (TPSA) is 300 Å². The molecule has 4 heterocycles. The number of pyridine rings is 4. The summed E-state index contributed by atoms with van der Waals surface area (Å²) in [6.45, 7) is 4.30. The van der Waals surface area contributed by atoms with E-state index in [1.165, 1.54) is 82.6 Å². The molecule has 26 nitrogen and oxygen atoms in total. The molecule has 0 aliphatic heterocycles. The van der Waals surface area contributed by atoms with E-state index in [1.54, 1.807) is 99.6 Å². The van der Waals surface area contributed by atoms with E-state index in [1.807, 2.05) is 42.5 Å². The summed E-state index contributed by atoms with van der Waals surface area (Å²) in [5, 5.41) is 11.1. The lowest BCUT2D eigenvalue weighted by molar-refractivity contribution is -0.126. The van der Waals surface area contributed by atoms with Crippen molar-refractivity contribution in [2.45, 2.75) is 84.5 Å². The van der Waals surface area contributed by atoms with Crippen LogP contribution in [0.25, 0.3) is 0 Å². The number of amides is 6. The predicted molar refractivity (Wildman–Crippen MR) is 362 cm³/mol. The Morgan fingerprint density at radius 1 is 0.398 bits per heavy atom. The van der Waals surface area contributed by atoms with Gasteiger partial charge in [-0.2, -0.15) is 0 Å². The molecule has 0 saturated carbocycles. The van der Waals surface area contributed by atoms with Crippen LogP contribution < -0.4 is 62.9 Å². The van der Waals surface area contributed by atoms with Crippen molar-refractivity contribution in [1.82, 2.24) is 50.0 Å². The smallest absolute Gasteiger partial charge is 0.407 e. The highest BCUT2D eigenvalue weighted by Crippen LogP contribution is 2.17. The molecule has 514 valence electrons. The minimum absolute atomic E-state index is 0.0118. The van der Waals surface area contributed by atoms with Crippen molar-refractivity contribution in [3.63, 3.8) is 0 Å². The van der Waals surface area contributed by atoms with Crippen molar-refractivity contribution in [2.24, 2.45) is 0 Å². The van der Waals surface area contributed by atoms with Crippen molar-refractivity contribution >= 4 is 35.6 Å². The van der Waals surface area contributed by atoms with E-state index in [9.17, 15) is 33.6 Å². The van der Waals surface area contributed by atoms with E-state index in [0.29, 0.717) is 11.1 Å². The molecule has 0 fully saturated rings. The standard InChI is InChI=1S/C72H80N10O16/c1-72(2,3)98-71(92)76-43-48-93-47-42-75-66(87)57(78(70(91)61-34-19-39-65(86)82(61)97-52-56-29-14-7-15-30-56)46-22-41-74-68(89)59-32-17-37-63(84)80(59)95-50-54-25-10-5-11-26-54)35-20-44-77(69(90)60-33-18-38-64(85)81(60)96-51-55-27-12-6-13-28-55)45-21-40-73-67(88)58-31-16-36-62(83)79(58)94-49-53-23-8-4-9-24-53/h4-19,23-34,36-39,57H,20-22,35,40-52H2,1-3H3,(H,73,88)(H,74,89)(H,75,87)(H,76,92). The van der Waals surface area contributed by atoms with Crippen molar-refractivity contribution in [2.75, 3.05) is 59.0 Å². The van der Waals surface area contributed by atoms with Crippen LogP contribution in [0.4, 0.5) is 4.79 Å². The highest BCUT2D eigenvalue weighted by Gasteiger charge is 2.33.